The molecule has 0 unspecified atom stereocenters. The summed E-state index contributed by atoms with van der Waals surface area (Å²) in [6, 6.07) is 7.10. The minimum absolute atomic E-state index is 0.0396. The predicted octanol–water partition coefficient (Wildman–Crippen LogP) is 2.29. The largest absolute Gasteiger partial charge is 0.379 e. The van der Waals surface area contributed by atoms with Crippen LogP contribution in [0.3, 0.4) is 0 Å². The Morgan fingerprint density at radius 3 is 2.33 bits per heavy atom. The van der Waals surface area contributed by atoms with Crippen LogP contribution in [0.5, 0.6) is 0 Å². The third-order valence-electron chi connectivity index (χ3n) is 3.54. The standard InChI is InChI=1S/C13H20N2O2S/c1-13(9-6-10-13)14-11-7-4-5-8-12(11)18(16,17)15(2)3/h4-5,7-8,14H,6,9-10H2,1-3H3. The summed E-state index contributed by atoms with van der Waals surface area (Å²) in [5.41, 5.74) is 0.742. The summed E-state index contributed by atoms with van der Waals surface area (Å²) in [5.74, 6) is 0. The van der Waals surface area contributed by atoms with Gasteiger partial charge in [-0.3, -0.25) is 0 Å². The molecule has 0 amide bonds. The van der Waals surface area contributed by atoms with Gasteiger partial charge in [0.15, 0.2) is 0 Å². The Kier molecular flexibility index (Phi) is 3.38. The van der Waals surface area contributed by atoms with Crippen LogP contribution in [0.1, 0.15) is 26.2 Å². The first kappa shape index (κ1) is 13.4. The van der Waals surface area contributed by atoms with E-state index in [9.17, 15) is 8.42 Å². The smallest absolute Gasteiger partial charge is 0.244 e. The van der Waals surface area contributed by atoms with Gasteiger partial charge in [0.05, 0.1) is 5.69 Å². The molecule has 100 valence electrons. The molecule has 1 aliphatic rings. The second kappa shape index (κ2) is 4.55. The molecule has 18 heavy (non-hydrogen) atoms. The highest BCUT2D eigenvalue weighted by atomic mass is 32.2. The predicted molar refractivity (Wildman–Crippen MR) is 73.2 cm³/mol. The number of nitrogens with one attached hydrogen (secondary N) is 1. The number of para-hydroxylation sites is 1. The van der Waals surface area contributed by atoms with Crippen molar-refractivity contribution >= 4 is 15.7 Å². The molecule has 1 aromatic rings. The minimum atomic E-state index is -3.39. The maximum Gasteiger partial charge on any atom is 0.244 e. The number of rotatable bonds is 4. The van der Waals surface area contributed by atoms with E-state index in [0.717, 1.165) is 12.8 Å². The van der Waals surface area contributed by atoms with Gasteiger partial charge in [0, 0.05) is 19.6 Å². The number of anilines is 1. The van der Waals surface area contributed by atoms with Crippen LogP contribution in [0.4, 0.5) is 5.69 Å². The molecule has 0 bridgehead atoms. The number of hydrogen-bond donors (Lipinski definition) is 1. The van der Waals surface area contributed by atoms with Crippen LogP contribution in [0.15, 0.2) is 29.2 Å². The third kappa shape index (κ3) is 2.37. The Bertz CT molecular complexity index is 534. The van der Waals surface area contributed by atoms with Crippen molar-refractivity contribution in [2.24, 2.45) is 0 Å². The zero-order chi connectivity index (χ0) is 13.4. The topological polar surface area (TPSA) is 49.4 Å². The Balaban J connectivity index is 2.37. The summed E-state index contributed by atoms with van der Waals surface area (Å²) < 4.78 is 25.7. The van der Waals surface area contributed by atoms with Crippen LogP contribution < -0.4 is 5.32 Å². The average molecular weight is 268 g/mol. The van der Waals surface area contributed by atoms with Gasteiger partial charge in [-0.2, -0.15) is 0 Å². The summed E-state index contributed by atoms with van der Waals surface area (Å²) >= 11 is 0. The summed E-state index contributed by atoms with van der Waals surface area (Å²) in [4.78, 5) is 0.350. The fourth-order valence-corrected chi connectivity index (χ4v) is 3.19. The first-order chi connectivity index (χ1) is 8.35. The Morgan fingerprint density at radius 2 is 1.83 bits per heavy atom. The van der Waals surface area contributed by atoms with Crippen LogP contribution in [-0.4, -0.2) is 32.4 Å². The molecule has 0 spiro atoms. The molecule has 1 aromatic carbocycles. The van der Waals surface area contributed by atoms with E-state index in [2.05, 4.69) is 12.2 Å². The SMILES string of the molecule is CN(C)S(=O)(=O)c1ccccc1NC1(C)CCC1. The van der Waals surface area contributed by atoms with E-state index in [0.29, 0.717) is 10.6 Å². The fraction of sp³-hybridized carbons (Fsp3) is 0.538. The van der Waals surface area contributed by atoms with E-state index in [4.69, 9.17) is 0 Å². The van der Waals surface area contributed by atoms with Crippen LogP contribution in [0.25, 0.3) is 0 Å². The molecule has 1 saturated carbocycles. The molecule has 0 radical (unpaired) electrons. The van der Waals surface area contributed by atoms with E-state index in [1.807, 2.05) is 12.1 Å². The van der Waals surface area contributed by atoms with Gasteiger partial charge in [-0.25, -0.2) is 12.7 Å². The van der Waals surface area contributed by atoms with E-state index in [1.54, 1.807) is 26.2 Å². The van der Waals surface area contributed by atoms with Crippen molar-refractivity contribution in [3.05, 3.63) is 24.3 Å². The van der Waals surface area contributed by atoms with Crippen molar-refractivity contribution < 1.29 is 8.42 Å². The lowest BCUT2D eigenvalue weighted by Gasteiger charge is -2.40. The molecule has 5 heteroatoms. The molecule has 0 atom stereocenters. The monoisotopic (exact) mass is 268 g/mol. The van der Waals surface area contributed by atoms with Gasteiger partial charge in [-0.05, 0) is 38.3 Å². The summed E-state index contributed by atoms with van der Waals surface area (Å²) in [5, 5.41) is 3.38. The van der Waals surface area contributed by atoms with E-state index in [1.165, 1.54) is 10.7 Å². The molecule has 0 aliphatic heterocycles. The zero-order valence-corrected chi connectivity index (χ0v) is 11.9. The second-order valence-electron chi connectivity index (χ2n) is 5.32. The molecular formula is C13H20N2O2S. The normalized spacial score (nSPS) is 18.4. The highest BCUT2D eigenvalue weighted by Crippen LogP contribution is 2.36. The van der Waals surface area contributed by atoms with Crippen LogP contribution in [0, 0.1) is 0 Å². The van der Waals surface area contributed by atoms with E-state index in [-0.39, 0.29) is 5.54 Å². The molecule has 4 nitrogen and oxygen atoms in total. The first-order valence-corrected chi connectivity index (χ1v) is 7.59. The van der Waals surface area contributed by atoms with E-state index >= 15 is 0 Å². The van der Waals surface area contributed by atoms with Crippen molar-refractivity contribution in [2.45, 2.75) is 36.6 Å². The number of hydrogen-bond acceptors (Lipinski definition) is 3. The molecule has 0 saturated heterocycles. The maximum atomic E-state index is 12.2. The van der Waals surface area contributed by atoms with Crippen LogP contribution in [0.2, 0.25) is 0 Å². The van der Waals surface area contributed by atoms with Gasteiger partial charge < -0.3 is 5.32 Å². The summed E-state index contributed by atoms with van der Waals surface area (Å²) in [6.45, 7) is 2.13. The Labute approximate surface area is 109 Å². The lowest BCUT2D eigenvalue weighted by molar-refractivity contribution is 0.306. The number of sulfonamides is 1. The van der Waals surface area contributed by atoms with E-state index < -0.39 is 10.0 Å². The fourth-order valence-electron chi connectivity index (χ4n) is 2.15. The zero-order valence-electron chi connectivity index (χ0n) is 11.1. The lowest BCUT2D eigenvalue weighted by Crippen LogP contribution is -2.42. The van der Waals surface area contributed by atoms with Crippen LogP contribution in [-0.2, 0) is 10.0 Å². The maximum absolute atomic E-state index is 12.2. The Hall–Kier alpha value is -1.07. The lowest BCUT2D eigenvalue weighted by atomic mass is 9.78. The van der Waals surface area contributed by atoms with Crippen molar-refractivity contribution in [1.29, 1.82) is 0 Å². The molecule has 1 N–H and O–H groups in total. The van der Waals surface area contributed by atoms with Gasteiger partial charge in [0.2, 0.25) is 10.0 Å². The first-order valence-electron chi connectivity index (χ1n) is 6.15. The minimum Gasteiger partial charge on any atom is -0.379 e. The Morgan fingerprint density at radius 1 is 1.22 bits per heavy atom. The van der Waals surface area contributed by atoms with Crippen molar-refractivity contribution in [3.63, 3.8) is 0 Å². The highest BCUT2D eigenvalue weighted by Gasteiger charge is 2.33. The van der Waals surface area contributed by atoms with Crippen molar-refractivity contribution in [3.8, 4) is 0 Å². The molecule has 1 aliphatic carbocycles. The van der Waals surface area contributed by atoms with Gasteiger partial charge >= 0.3 is 0 Å². The van der Waals surface area contributed by atoms with Gasteiger partial charge in [0.1, 0.15) is 4.90 Å². The summed E-state index contributed by atoms with van der Waals surface area (Å²) in [6.07, 6.45) is 3.37. The van der Waals surface area contributed by atoms with Crippen molar-refractivity contribution in [2.75, 3.05) is 19.4 Å². The molecule has 2 rings (SSSR count). The number of nitrogens with zero attached hydrogens (tertiary/aromatic N) is 1. The summed E-state index contributed by atoms with van der Waals surface area (Å²) in [7, 11) is -0.288. The van der Waals surface area contributed by atoms with Gasteiger partial charge in [-0.15, -0.1) is 0 Å². The van der Waals surface area contributed by atoms with Crippen molar-refractivity contribution in [1.82, 2.24) is 4.31 Å². The highest BCUT2D eigenvalue weighted by molar-refractivity contribution is 7.89. The quantitative estimate of drug-likeness (QED) is 0.911. The third-order valence-corrected chi connectivity index (χ3v) is 5.41. The number of benzene rings is 1. The second-order valence-corrected chi connectivity index (χ2v) is 7.44. The molecule has 0 heterocycles. The van der Waals surface area contributed by atoms with Gasteiger partial charge in [0.25, 0.3) is 0 Å². The van der Waals surface area contributed by atoms with Crippen LogP contribution >= 0.6 is 0 Å². The average Bonchev–Trinajstić information content (AvgIpc) is 2.27. The molecule has 1 fully saturated rings. The van der Waals surface area contributed by atoms with Gasteiger partial charge in [-0.1, -0.05) is 12.1 Å². The molecular weight excluding hydrogens is 248 g/mol. The molecule has 0 aromatic heterocycles.